The van der Waals surface area contributed by atoms with Crippen LogP contribution in [0.4, 0.5) is 4.79 Å². The molecule has 3 rings (SSSR count). The molecule has 1 aliphatic rings. The van der Waals surface area contributed by atoms with Gasteiger partial charge in [0.05, 0.1) is 7.11 Å². The SMILES string of the molecule is COc1cccc2c1CCN(C(=O)NC[C@@H](C)Cn1cccn1)CC2. The van der Waals surface area contributed by atoms with Crippen LogP contribution in [0.5, 0.6) is 5.75 Å². The van der Waals surface area contributed by atoms with Gasteiger partial charge in [-0.05, 0) is 42.0 Å². The maximum atomic E-state index is 12.5. The van der Waals surface area contributed by atoms with Crippen molar-refractivity contribution in [2.24, 2.45) is 5.92 Å². The van der Waals surface area contributed by atoms with Gasteiger partial charge in [0.25, 0.3) is 0 Å². The minimum absolute atomic E-state index is 0.0130. The molecule has 1 aliphatic heterocycles. The highest BCUT2D eigenvalue weighted by molar-refractivity contribution is 5.74. The van der Waals surface area contributed by atoms with E-state index >= 15 is 0 Å². The van der Waals surface area contributed by atoms with Crippen LogP contribution in [0.15, 0.2) is 36.7 Å². The van der Waals surface area contributed by atoms with Gasteiger partial charge < -0.3 is 15.0 Å². The Morgan fingerprint density at radius 2 is 2.16 bits per heavy atom. The minimum atomic E-state index is 0.0130. The van der Waals surface area contributed by atoms with Crippen molar-refractivity contribution < 1.29 is 9.53 Å². The highest BCUT2D eigenvalue weighted by Gasteiger charge is 2.20. The standard InChI is InChI=1S/C19H26N4O2/c1-15(14-23-10-4-9-21-23)13-20-19(24)22-11-7-16-5-3-6-18(25-2)17(16)8-12-22/h3-6,9-10,15H,7-8,11-14H2,1-2H3,(H,20,24)/t15-/m1/s1. The number of fused-ring (bicyclic) bond motifs is 1. The summed E-state index contributed by atoms with van der Waals surface area (Å²) >= 11 is 0. The predicted molar refractivity (Wildman–Crippen MR) is 96.8 cm³/mol. The Morgan fingerprint density at radius 3 is 2.92 bits per heavy atom. The Morgan fingerprint density at radius 1 is 1.32 bits per heavy atom. The second-order valence-electron chi connectivity index (χ2n) is 6.60. The number of rotatable bonds is 5. The van der Waals surface area contributed by atoms with Gasteiger partial charge in [-0.2, -0.15) is 5.10 Å². The summed E-state index contributed by atoms with van der Waals surface area (Å²) in [6.45, 7) is 5.01. The van der Waals surface area contributed by atoms with Crippen LogP contribution in [-0.4, -0.2) is 47.5 Å². The number of carbonyl (C=O) groups is 1. The Labute approximate surface area is 148 Å². The smallest absolute Gasteiger partial charge is 0.317 e. The molecule has 1 aromatic carbocycles. The lowest BCUT2D eigenvalue weighted by atomic mass is 10.0. The lowest BCUT2D eigenvalue weighted by Crippen LogP contribution is -2.43. The second-order valence-corrected chi connectivity index (χ2v) is 6.60. The number of methoxy groups -OCH3 is 1. The Balaban J connectivity index is 1.52. The topological polar surface area (TPSA) is 59.4 Å². The number of aromatic nitrogens is 2. The molecule has 1 N–H and O–H groups in total. The zero-order valence-corrected chi connectivity index (χ0v) is 14.9. The number of urea groups is 1. The zero-order valence-electron chi connectivity index (χ0n) is 14.9. The molecule has 0 radical (unpaired) electrons. The van der Waals surface area contributed by atoms with Gasteiger partial charge in [-0.1, -0.05) is 19.1 Å². The molecule has 6 nitrogen and oxygen atoms in total. The first-order valence-corrected chi connectivity index (χ1v) is 8.82. The van der Waals surface area contributed by atoms with Gasteiger partial charge in [0.1, 0.15) is 5.75 Å². The molecule has 0 unspecified atom stereocenters. The molecule has 2 aromatic rings. The molecule has 0 spiro atoms. The number of nitrogens with zero attached hydrogens (tertiary/aromatic N) is 3. The first-order valence-electron chi connectivity index (χ1n) is 8.82. The average molecular weight is 342 g/mol. The van der Waals surface area contributed by atoms with E-state index in [9.17, 15) is 4.79 Å². The van der Waals surface area contributed by atoms with Crippen LogP contribution in [0.2, 0.25) is 0 Å². The molecule has 1 aromatic heterocycles. The van der Waals surface area contributed by atoms with Gasteiger partial charge in [-0.25, -0.2) is 4.79 Å². The minimum Gasteiger partial charge on any atom is -0.496 e. The van der Waals surface area contributed by atoms with Gasteiger partial charge in [0.15, 0.2) is 0 Å². The summed E-state index contributed by atoms with van der Waals surface area (Å²) in [5.41, 5.74) is 2.51. The molecule has 134 valence electrons. The third-order valence-electron chi connectivity index (χ3n) is 4.68. The molecule has 0 saturated heterocycles. The fourth-order valence-corrected chi connectivity index (χ4v) is 3.30. The van der Waals surface area contributed by atoms with Crippen molar-refractivity contribution >= 4 is 6.03 Å². The largest absolute Gasteiger partial charge is 0.496 e. The van der Waals surface area contributed by atoms with Crippen molar-refractivity contribution in [2.75, 3.05) is 26.7 Å². The second kappa shape index (κ2) is 8.05. The molecule has 0 bridgehead atoms. The molecule has 0 fully saturated rings. The van der Waals surface area contributed by atoms with Crippen molar-refractivity contribution in [3.8, 4) is 5.75 Å². The van der Waals surface area contributed by atoms with Crippen LogP contribution in [0, 0.1) is 5.92 Å². The Kier molecular flexibility index (Phi) is 5.58. The third-order valence-corrected chi connectivity index (χ3v) is 4.68. The van der Waals surface area contributed by atoms with E-state index in [1.54, 1.807) is 13.3 Å². The van der Waals surface area contributed by atoms with Gasteiger partial charge in [0.2, 0.25) is 0 Å². The zero-order chi connectivity index (χ0) is 17.6. The number of hydrogen-bond acceptors (Lipinski definition) is 3. The molecular formula is C19H26N4O2. The molecule has 2 amide bonds. The molecule has 2 heterocycles. The van der Waals surface area contributed by atoms with Crippen LogP contribution < -0.4 is 10.1 Å². The van der Waals surface area contributed by atoms with Crippen molar-refractivity contribution in [3.05, 3.63) is 47.8 Å². The lowest BCUT2D eigenvalue weighted by Gasteiger charge is -2.22. The number of ether oxygens (including phenoxy) is 1. The van der Waals surface area contributed by atoms with Crippen LogP contribution in [0.25, 0.3) is 0 Å². The number of hydrogen-bond donors (Lipinski definition) is 1. The summed E-state index contributed by atoms with van der Waals surface area (Å²) < 4.78 is 7.36. The van der Waals surface area contributed by atoms with Crippen LogP contribution in [-0.2, 0) is 19.4 Å². The first kappa shape index (κ1) is 17.3. The van der Waals surface area contributed by atoms with Crippen molar-refractivity contribution in [1.29, 1.82) is 0 Å². The van der Waals surface area contributed by atoms with Crippen LogP contribution in [0.3, 0.4) is 0 Å². The van der Waals surface area contributed by atoms with Crippen molar-refractivity contribution in [3.63, 3.8) is 0 Å². The van der Waals surface area contributed by atoms with E-state index in [0.29, 0.717) is 19.0 Å². The number of benzene rings is 1. The van der Waals surface area contributed by atoms with Gasteiger partial charge in [-0.15, -0.1) is 0 Å². The molecule has 0 aliphatic carbocycles. The van der Waals surface area contributed by atoms with Crippen LogP contribution in [0.1, 0.15) is 18.1 Å². The normalized spacial score (nSPS) is 15.2. The molecule has 25 heavy (non-hydrogen) atoms. The first-order chi connectivity index (χ1) is 12.2. The van der Waals surface area contributed by atoms with Gasteiger partial charge >= 0.3 is 6.03 Å². The van der Waals surface area contributed by atoms with Gasteiger partial charge in [0, 0.05) is 38.6 Å². The molecule has 0 saturated carbocycles. The maximum absolute atomic E-state index is 12.5. The molecule has 1 atom stereocenters. The van der Waals surface area contributed by atoms with E-state index in [2.05, 4.69) is 23.4 Å². The quantitative estimate of drug-likeness (QED) is 0.907. The summed E-state index contributed by atoms with van der Waals surface area (Å²) in [4.78, 5) is 14.4. The van der Waals surface area contributed by atoms with Crippen molar-refractivity contribution in [1.82, 2.24) is 20.0 Å². The van der Waals surface area contributed by atoms with E-state index in [4.69, 9.17) is 4.74 Å². The fourth-order valence-electron chi connectivity index (χ4n) is 3.30. The highest BCUT2D eigenvalue weighted by atomic mass is 16.5. The van der Waals surface area contributed by atoms with Crippen molar-refractivity contribution in [2.45, 2.75) is 26.3 Å². The van der Waals surface area contributed by atoms with E-state index in [-0.39, 0.29) is 6.03 Å². The number of amides is 2. The molecular weight excluding hydrogens is 316 g/mol. The average Bonchev–Trinajstić information content (AvgIpc) is 3.03. The number of carbonyl (C=O) groups excluding carboxylic acids is 1. The summed E-state index contributed by atoms with van der Waals surface area (Å²) in [6, 6.07) is 8.06. The summed E-state index contributed by atoms with van der Waals surface area (Å²) in [6.07, 6.45) is 5.41. The Hall–Kier alpha value is -2.50. The predicted octanol–water partition coefficient (Wildman–Crippen LogP) is 2.34. The lowest BCUT2D eigenvalue weighted by molar-refractivity contribution is 0.198. The summed E-state index contributed by atoms with van der Waals surface area (Å²) in [5.74, 6) is 1.25. The van der Waals surface area contributed by atoms with Gasteiger partial charge in [-0.3, -0.25) is 4.68 Å². The monoisotopic (exact) mass is 342 g/mol. The van der Waals surface area contributed by atoms with E-state index in [1.165, 1.54) is 11.1 Å². The summed E-state index contributed by atoms with van der Waals surface area (Å²) in [7, 11) is 1.70. The van der Waals surface area contributed by atoms with E-state index in [0.717, 1.165) is 31.7 Å². The molecule has 6 heteroatoms. The summed E-state index contributed by atoms with van der Waals surface area (Å²) in [5, 5.41) is 7.27. The highest BCUT2D eigenvalue weighted by Crippen LogP contribution is 2.25. The number of nitrogens with one attached hydrogen (secondary N) is 1. The van der Waals surface area contributed by atoms with Crippen LogP contribution >= 0.6 is 0 Å². The van der Waals surface area contributed by atoms with E-state index in [1.807, 2.05) is 34.0 Å². The Bertz CT molecular complexity index is 699. The third kappa shape index (κ3) is 4.32. The maximum Gasteiger partial charge on any atom is 0.317 e. The van der Waals surface area contributed by atoms with E-state index < -0.39 is 0 Å². The fraction of sp³-hybridized carbons (Fsp3) is 0.474.